The third-order valence-electron chi connectivity index (χ3n) is 3.45. The molecule has 0 saturated carbocycles. The molecule has 3 aromatic rings. The van der Waals surface area contributed by atoms with Gasteiger partial charge in [-0.1, -0.05) is 13.8 Å². The minimum Gasteiger partial charge on any atom is -0.484 e. The van der Waals surface area contributed by atoms with Crippen LogP contribution in [0.1, 0.15) is 13.8 Å². The van der Waals surface area contributed by atoms with E-state index in [-0.39, 0.29) is 16.6 Å². The van der Waals surface area contributed by atoms with Gasteiger partial charge in [0.15, 0.2) is 17.6 Å². The number of fused-ring (bicyclic) bond motifs is 1. The number of rotatable bonds is 5. The summed E-state index contributed by atoms with van der Waals surface area (Å²) in [5, 5.41) is 0.865. The van der Waals surface area contributed by atoms with Gasteiger partial charge in [0, 0.05) is 17.5 Å². The summed E-state index contributed by atoms with van der Waals surface area (Å²) < 4.78 is 43.0. The Bertz CT molecular complexity index is 962. The molecule has 0 amide bonds. The van der Waals surface area contributed by atoms with E-state index in [9.17, 15) is 18.0 Å². The molecule has 2 aromatic heterocycles. The zero-order valence-corrected chi connectivity index (χ0v) is 14.9. The van der Waals surface area contributed by atoms with Gasteiger partial charge in [0.2, 0.25) is 0 Å². The maximum Gasteiger partial charge on any atom is 0.422 e. The maximum atomic E-state index is 12.9. The number of halogens is 3. The number of hydrogen-bond acceptors (Lipinski definition) is 3. The van der Waals surface area contributed by atoms with Crippen LogP contribution in [0.5, 0.6) is 5.75 Å². The van der Waals surface area contributed by atoms with E-state index in [0.717, 1.165) is 0 Å². The van der Waals surface area contributed by atoms with Crippen LogP contribution in [0.25, 0.3) is 16.7 Å². The average Bonchev–Trinajstić information content (AvgIpc) is 3.01. The fourth-order valence-electron chi connectivity index (χ4n) is 2.42. The van der Waals surface area contributed by atoms with Crippen molar-refractivity contribution in [2.24, 2.45) is 0 Å². The topological polar surface area (TPSA) is 61.2 Å². The van der Waals surface area contributed by atoms with Crippen LogP contribution in [-0.2, 0) is 0 Å². The Hall–Kier alpha value is -2.42. The van der Waals surface area contributed by atoms with Gasteiger partial charge in [-0.3, -0.25) is 0 Å². The second-order valence-electron chi connectivity index (χ2n) is 5.90. The van der Waals surface area contributed by atoms with Crippen LogP contribution in [0.4, 0.5) is 13.2 Å². The summed E-state index contributed by atoms with van der Waals surface area (Å²) in [5.41, 5.74) is 1.41. The molecule has 0 fully saturated rings. The van der Waals surface area contributed by atoms with Crippen LogP contribution >= 0.6 is 11.8 Å². The van der Waals surface area contributed by atoms with E-state index in [4.69, 9.17) is 4.74 Å². The van der Waals surface area contributed by atoms with Gasteiger partial charge in [0.1, 0.15) is 11.4 Å². The SMILES string of the molecule is CC(C)Sc1[nH+]c2cc[nH]c2c(=O)n1-c1ccc(OCC(F)(F)F)cc1. The first-order valence-corrected chi connectivity index (χ1v) is 8.74. The summed E-state index contributed by atoms with van der Waals surface area (Å²) in [7, 11) is 0. The van der Waals surface area contributed by atoms with Crippen LogP contribution in [0, 0.1) is 0 Å². The Kier molecular flexibility index (Phi) is 4.99. The summed E-state index contributed by atoms with van der Waals surface area (Å²) in [6.45, 7) is 2.65. The molecule has 0 spiro atoms. The highest BCUT2D eigenvalue weighted by molar-refractivity contribution is 7.99. The van der Waals surface area contributed by atoms with Gasteiger partial charge in [-0.05, 0) is 36.0 Å². The standard InChI is InChI=1S/C17H16F3N3O2S/c1-10(2)26-16-22-13-7-8-21-14(13)15(24)23(16)11-3-5-12(6-4-11)25-9-17(18,19)20/h3-8,10,21H,9H2,1-2H3/p+1. The zero-order valence-electron chi connectivity index (χ0n) is 14.1. The highest BCUT2D eigenvalue weighted by Crippen LogP contribution is 2.24. The molecule has 9 heteroatoms. The lowest BCUT2D eigenvalue weighted by Crippen LogP contribution is -2.29. The van der Waals surface area contributed by atoms with Gasteiger partial charge in [0.05, 0.1) is 0 Å². The molecular formula is C17H17F3N3O2S+. The Balaban J connectivity index is 2.01. The first-order valence-electron chi connectivity index (χ1n) is 7.86. The molecule has 0 bridgehead atoms. The Morgan fingerprint density at radius 3 is 2.54 bits per heavy atom. The Morgan fingerprint density at radius 1 is 1.23 bits per heavy atom. The minimum absolute atomic E-state index is 0.0853. The molecule has 1 aromatic carbocycles. The van der Waals surface area contributed by atoms with E-state index in [0.29, 0.717) is 21.9 Å². The maximum absolute atomic E-state index is 12.9. The summed E-state index contributed by atoms with van der Waals surface area (Å²) in [6.07, 6.45) is -2.73. The third-order valence-corrected chi connectivity index (χ3v) is 4.43. The molecule has 0 aliphatic heterocycles. The number of alkyl halides is 3. The second kappa shape index (κ2) is 7.06. The first kappa shape index (κ1) is 18.4. The molecule has 5 nitrogen and oxygen atoms in total. The Labute approximate surface area is 151 Å². The fourth-order valence-corrected chi connectivity index (χ4v) is 3.33. The highest BCUT2D eigenvalue weighted by Gasteiger charge is 2.28. The number of H-pyrrole nitrogens is 2. The molecule has 0 unspecified atom stereocenters. The van der Waals surface area contributed by atoms with Gasteiger partial charge in [-0.2, -0.15) is 17.7 Å². The van der Waals surface area contributed by atoms with Gasteiger partial charge in [-0.15, -0.1) is 0 Å². The molecule has 0 saturated heterocycles. The van der Waals surface area contributed by atoms with Crippen molar-refractivity contribution in [1.82, 2.24) is 9.55 Å². The molecular weight excluding hydrogens is 367 g/mol. The number of benzene rings is 1. The van der Waals surface area contributed by atoms with E-state index >= 15 is 0 Å². The van der Waals surface area contributed by atoms with Crippen LogP contribution in [0.2, 0.25) is 0 Å². The lowest BCUT2D eigenvalue weighted by atomic mass is 10.3. The van der Waals surface area contributed by atoms with Crippen molar-refractivity contribution in [2.45, 2.75) is 30.4 Å². The molecule has 0 aliphatic carbocycles. The van der Waals surface area contributed by atoms with Crippen molar-refractivity contribution in [2.75, 3.05) is 6.61 Å². The minimum atomic E-state index is -4.40. The summed E-state index contributed by atoms with van der Waals surface area (Å²) >= 11 is 1.48. The van der Waals surface area contributed by atoms with Crippen LogP contribution in [0.15, 0.2) is 46.5 Å². The summed E-state index contributed by atoms with van der Waals surface area (Å²) in [6, 6.07) is 7.71. The quantitative estimate of drug-likeness (QED) is 0.540. The lowest BCUT2D eigenvalue weighted by molar-refractivity contribution is -0.405. The van der Waals surface area contributed by atoms with E-state index in [1.165, 1.54) is 28.5 Å². The predicted octanol–water partition coefficient (Wildman–Crippen LogP) is 3.57. The average molecular weight is 384 g/mol. The number of nitrogens with one attached hydrogen (secondary N) is 2. The predicted molar refractivity (Wildman–Crippen MR) is 93.0 cm³/mol. The van der Waals surface area contributed by atoms with Gasteiger partial charge in [0.25, 0.3) is 0 Å². The van der Waals surface area contributed by atoms with E-state index in [2.05, 4.69) is 9.97 Å². The van der Waals surface area contributed by atoms with Crippen molar-refractivity contribution < 1.29 is 22.9 Å². The third kappa shape index (κ3) is 4.04. The fraction of sp³-hybridized carbons (Fsp3) is 0.294. The van der Waals surface area contributed by atoms with E-state index < -0.39 is 12.8 Å². The van der Waals surface area contributed by atoms with Crippen molar-refractivity contribution in [3.8, 4) is 11.4 Å². The first-order chi connectivity index (χ1) is 12.2. The smallest absolute Gasteiger partial charge is 0.422 e. The van der Waals surface area contributed by atoms with Crippen molar-refractivity contribution >= 4 is 22.8 Å². The zero-order chi connectivity index (χ0) is 18.9. The van der Waals surface area contributed by atoms with Crippen LogP contribution < -0.4 is 15.3 Å². The molecule has 26 heavy (non-hydrogen) atoms. The van der Waals surface area contributed by atoms with E-state index in [1.807, 2.05) is 13.8 Å². The molecule has 3 rings (SSSR count). The number of aromatic nitrogens is 3. The van der Waals surface area contributed by atoms with Gasteiger partial charge in [-0.25, -0.2) is 9.78 Å². The number of thioether (sulfide) groups is 1. The van der Waals surface area contributed by atoms with Gasteiger partial charge >= 0.3 is 16.9 Å². The normalized spacial score (nSPS) is 12.1. The number of nitrogens with zero attached hydrogens (tertiary/aromatic N) is 1. The molecule has 0 atom stereocenters. The highest BCUT2D eigenvalue weighted by atomic mass is 32.2. The van der Waals surface area contributed by atoms with Crippen molar-refractivity contribution in [3.05, 3.63) is 46.9 Å². The van der Waals surface area contributed by atoms with Crippen LogP contribution in [0.3, 0.4) is 0 Å². The molecule has 138 valence electrons. The number of ether oxygens (including phenoxy) is 1. The van der Waals surface area contributed by atoms with Crippen LogP contribution in [-0.4, -0.2) is 27.6 Å². The monoisotopic (exact) mass is 384 g/mol. The van der Waals surface area contributed by atoms with E-state index in [1.54, 1.807) is 24.4 Å². The van der Waals surface area contributed by atoms with Gasteiger partial charge < -0.3 is 9.72 Å². The molecule has 0 radical (unpaired) electrons. The Morgan fingerprint density at radius 2 is 1.92 bits per heavy atom. The van der Waals surface area contributed by atoms with Crippen molar-refractivity contribution in [3.63, 3.8) is 0 Å². The molecule has 0 aliphatic rings. The molecule has 2 heterocycles. The second-order valence-corrected chi connectivity index (χ2v) is 7.47. The van der Waals surface area contributed by atoms with Crippen molar-refractivity contribution in [1.29, 1.82) is 0 Å². The number of aromatic amines is 2. The summed E-state index contributed by atoms with van der Waals surface area (Å²) in [4.78, 5) is 19.0. The lowest BCUT2D eigenvalue weighted by Gasteiger charge is -2.10. The molecule has 2 N–H and O–H groups in total. The summed E-state index contributed by atoms with van der Waals surface area (Å²) in [5.74, 6) is 0.0853. The largest absolute Gasteiger partial charge is 0.484 e. The number of hydrogen-bond donors (Lipinski definition) is 1.